The minimum absolute atomic E-state index is 0.158. The van der Waals surface area contributed by atoms with Crippen LogP contribution < -0.4 is 5.32 Å². The Balaban J connectivity index is 1.42. The second-order valence-corrected chi connectivity index (χ2v) is 10.6. The molecule has 1 N–H and O–H groups in total. The van der Waals surface area contributed by atoms with Crippen LogP contribution in [-0.4, -0.2) is 90.5 Å². The van der Waals surface area contributed by atoms with E-state index in [-0.39, 0.29) is 10.8 Å². The molecule has 2 fully saturated rings. The molecule has 11 heteroatoms. The van der Waals surface area contributed by atoms with Crippen LogP contribution in [-0.2, 0) is 26.1 Å². The number of nitrogens with zero attached hydrogens (tertiary/aromatic N) is 5. The first-order chi connectivity index (χ1) is 16.0. The molecule has 0 radical (unpaired) electrons. The molecule has 0 unspecified atom stereocenters. The third kappa shape index (κ3) is 5.53. The molecule has 2 aromatic rings. The van der Waals surface area contributed by atoms with Crippen molar-refractivity contribution in [3.63, 3.8) is 0 Å². The van der Waals surface area contributed by atoms with E-state index in [4.69, 9.17) is 4.74 Å². The van der Waals surface area contributed by atoms with Crippen LogP contribution >= 0.6 is 0 Å². The molecule has 1 aromatic carbocycles. The van der Waals surface area contributed by atoms with Crippen molar-refractivity contribution in [3.05, 3.63) is 18.2 Å². The van der Waals surface area contributed by atoms with Gasteiger partial charge in [-0.05, 0) is 50.4 Å². The van der Waals surface area contributed by atoms with Crippen LogP contribution in [0.4, 0.5) is 0 Å². The lowest BCUT2D eigenvalue weighted by molar-refractivity contribution is -0.125. The summed E-state index contributed by atoms with van der Waals surface area (Å²) in [6.45, 7) is 7.89. The molecular formula is C22H34N6O4S. The lowest BCUT2D eigenvalue weighted by Crippen LogP contribution is -2.52. The zero-order chi connectivity index (χ0) is 23.3. The number of hydrogen-bond acceptors (Lipinski definition) is 7. The Bertz CT molecular complexity index is 1050. The summed E-state index contributed by atoms with van der Waals surface area (Å²) in [5.41, 5.74) is 1.36. The standard InChI is InChI=1S/C22H34N6O4S/c1-2-10-27-20-8-7-18(17-19(20)24-25-27)33(30,31)28-12-4-3-6-21(28)22(29)23-9-5-11-26-13-15-32-16-14-26/h7-8,17,21H,2-6,9-16H2,1H3,(H,23,29)/t21-/m0/s1. The Hall–Kier alpha value is -2.08. The molecule has 0 bridgehead atoms. The van der Waals surface area contributed by atoms with Crippen molar-refractivity contribution in [2.75, 3.05) is 45.9 Å². The van der Waals surface area contributed by atoms with Gasteiger partial charge in [-0.1, -0.05) is 18.6 Å². The smallest absolute Gasteiger partial charge is 0.243 e. The number of ether oxygens (including phenoxy) is 1. The first kappa shape index (κ1) is 24.1. The van der Waals surface area contributed by atoms with E-state index in [0.29, 0.717) is 25.0 Å². The fourth-order valence-corrected chi connectivity index (χ4v) is 6.21. The number of nitrogens with one attached hydrogen (secondary N) is 1. The van der Waals surface area contributed by atoms with Gasteiger partial charge < -0.3 is 10.1 Å². The first-order valence-corrected chi connectivity index (χ1v) is 13.4. The third-order valence-corrected chi connectivity index (χ3v) is 8.24. The molecule has 0 spiro atoms. The van der Waals surface area contributed by atoms with Gasteiger partial charge in [-0.15, -0.1) is 5.10 Å². The number of morpholine rings is 1. The quantitative estimate of drug-likeness (QED) is 0.540. The van der Waals surface area contributed by atoms with Gasteiger partial charge in [0.25, 0.3) is 0 Å². The number of aryl methyl sites for hydroxylation is 1. The third-order valence-electron chi connectivity index (χ3n) is 6.34. The molecule has 0 aliphatic carbocycles. The molecule has 0 saturated carbocycles. The van der Waals surface area contributed by atoms with Crippen molar-refractivity contribution >= 4 is 27.0 Å². The molecule has 3 heterocycles. The average Bonchev–Trinajstić information content (AvgIpc) is 3.25. The molecular weight excluding hydrogens is 444 g/mol. The number of sulfonamides is 1. The highest BCUT2D eigenvalue weighted by Crippen LogP contribution is 2.27. The first-order valence-electron chi connectivity index (χ1n) is 11.9. The van der Waals surface area contributed by atoms with Gasteiger partial charge in [0.05, 0.1) is 23.6 Å². The zero-order valence-corrected chi connectivity index (χ0v) is 20.1. The van der Waals surface area contributed by atoms with Crippen LogP contribution in [0.25, 0.3) is 11.0 Å². The number of amides is 1. The molecule has 182 valence electrons. The summed E-state index contributed by atoms with van der Waals surface area (Å²) in [5.74, 6) is -0.213. The maximum absolute atomic E-state index is 13.5. The lowest BCUT2D eigenvalue weighted by Gasteiger charge is -2.33. The SMILES string of the molecule is CCCn1nnc2cc(S(=O)(=O)N3CCCC[C@H]3C(=O)NCCCN3CCOCC3)ccc21. The predicted octanol–water partition coefficient (Wildman–Crippen LogP) is 1.22. The van der Waals surface area contributed by atoms with Gasteiger partial charge in [0.1, 0.15) is 11.6 Å². The van der Waals surface area contributed by atoms with E-state index in [0.717, 1.165) is 70.6 Å². The highest BCUT2D eigenvalue weighted by atomic mass is 32.2. The minimum atomic E-state index is -3.83. The number of piperidine rings is 1. The summed E-state index contributed by atoms with van der Waals surface area (Å²) in [5, 5.41) is 11.2. The number of hydrogen-bond donors (Lipinski definition) is 1. The van der Waals surface area contributed by atoms with Crippen LogP contribution in [0.3, 0.4) is 0 Å². The van der Waals surface area contributed by atoms with Crippen molar-refractivity contribution in [2.24, 2.45) is 0 Å². The Labute approximate surface area is 195 Å². The summed E-state index contributed by atoms with van der Waals surface area (Å²) in [6, 6.07) is 4.23. The average molecular weight is 479 g/mol. The van der Waals surface area contributed by atoms with Gasteiger partial charge in [0.15, 0.2) is 0 Å². The monoisotopic (exact) mass is 478 g/mol. The van der Waals surface area contributed by atoms with Gasteiger partial charge in [-0.25, -0.2) is 13.1 Å². The summed E-state index contributed by atoms with van der Waals surface area (Å²) >= 11 is 0. The topological polar surface area (TPSA) is 110 Å². The second-order valence-electron chi connectivity index (χ2n) is 8.69. The van der Waals surface area contributed by atoms with Crippen molar-refractivity contribution in [2.45, 2.75) is 56.5 Å². The number of fused-ring (bicyclic) bond motifs is 1. The molecule has 2 aliphatic heterocycles. The van der Waals surface area contributed by atoms with E-state index in [1.165, 1.54) is 4.31 Å². The van der Waals surface area contributed by atoms with E-state index in [1.807, 2.05) is 0 Å². The summed E-state index contributed by atoms with van der Waals surface area (Å²) in [7, 11) is -3.83. The maximum Gasteiger partial charge on any atom is 0.243 e. The van der Waals surface area contributed by atoms with Crippen LogP contribution in [0.15, 0.2) is 23.1 Å². The molecule has 1 aromatic heterocycles. The van der Waals surface area contributed by atoms with Gasteiger partial charge >= 0.3 is 0 Å². The molecule has 1 amide bonds. The Morgan fingerprint density at radius 2 is 2.00 bits per heavy atom. The number of carbonyl (C=O) groups is 1. The zero-order valence-electron chi connectivity index (χ0n) is 19.3. The van der Waals surface area contributed by atoms with E-state index in [1.54, 1.807) is 22.9 Å². The number of benzene rings is 1. The van der Waals surface area contributed by atoms with Crippen molar-refractivity contribution in [3.8, 4) is 0 Å². The Kier molecular flexibility index (Phi) is 7.94. The number of aromatic nitrogens is 3. The van der Waals surface area contributed by atoms with E-state index in [2.05, 4.69) is 27.5 Å². The summed E-state index contributed by atoms with van der Waals surface area (Å²) < 4.78 is 35.5. The van der Waals surface area contributed by atoms with Crippen LogP contribution in [0.2, 0.25) is 0 Å². The minimum Gasteiger partial charge on any atom is -0.379 e. The summed E-state index contributed by atoms with van der Waals surface area (Å²) in [4.78, 5) is 15.4. The largest absolute Gasteiger partial charge is 0.379 e. The fourth-order valence-electron chi connectivity index (χ4n) is 4.54. The molecule has 1 atom stereocenters. The van der Waals surface area contributed by atoms with Crippen LogP contribution in [0.5, 0.6) is 0 Å². The van der Waals surface area contributed by atoms with Gasteiger partial charge in [0, 0.05) is 32.7 Å². The van der Waals surface area contributed by atoms with E-state index < -0.39 is 16.1 Å². The highest BCUT2D eigenvalue weighted by molar-refractivity contribution is 7.89. The van der Waals surface area contributed by atoms with Gasteiger partial charge in [0.2, 0.25) is 15.9 Å². The van der Waals surface area contributed by atoms with Crippen molar-refractivity contribution in [1.82, 2.24) is 29.5 Å². The lowest BCUT2D eigenvalue weighted by atomic mass is 10.0. The van der Waals surface area contributed by atoms with Crippen molar-refractivity contribution < 1.29 is 17.9 Å². The molecule has 2 saturated heterocycles. The maximum atomic E-state index is 13.5. The van der Waals surface area contributed by atoms with Crippen molar-refractivity contribution in [1.29, 1.82) is 0 Å². The molecule has 2 aliphatic rings. The number of rotatable bonds is 9. The predicted molar refractivity (Wildman–Crippen MR) is 124 cm³/mol. The normalized spacial score (nSPS) is 20.8. The van der Waals surface area contributed by atoms with E-state index >= 15 is 0 Å². The van der Waals surface area contributed by atoms with Gasteiger partial charge in [-0.2, -0.15) is 4.31 Å². The summed E-state index contributed by atoms with van der Waals surface area (Å²) in [6.07, 6.45) is 3.85. The fraction of sp³-hybridized carbons (Fsp3) is 0.682. The van der Waals surface area contributed by atoms with Crippen LogP contribution in [0.1, 0.15) is 39.0 Å². The van der Waals surface area contributed by atoms with Crippen LogP contribution in [0, 0.1) is 0 Å². The highest BCUT2D eigenvalue weighted by Gasteiger charge is 2.37. The molecule has 10 nitrogen and oxygen atoms in total. The molecule has 33 heavy (non-hydrogen) atoms. The number of carbonyl (C=O) groups excluding carboxylic acids is 1. The Morgan fingerprint density at radius 1 is 1.18 bits per heavy atom. The van der Waals surface area contributed by atoms with E-state index in [9.17, 15) is 13.2 Å². The Morgan fingerprint density at radius 3 is 2.79 bits per heavy atom. The van der Waals surface area contributed by atoms with Gasteiger partial charge in [-0.3, -0.25) is 9.69 Å². The molecule has 4 rings (SSSR count). The second kappa shape index (κ2) is 10.9.